The fourth-order valence-corrected chi connectivity index (χ4v) is 7.58. The van der Waals surface area contributed by atoms with E-state index >= 15 is 4.39 Å². The normalized spacial score (nSPS) is 18.5. The molecule has 42 heavy (non-hydrogen) atoms. The summed E-state index contributed by atoms with van der Waals surface area (Å²) >= 11 is 0. The average molecular weight is 605 g/mol. The molecule has 3 aromatic rings. The van der Waals surface area contributed by atoms with Gasteiger partial charge in [0.25, 0.3) is 0 Å². The zero-order valence-corrected chi connectivity index (χ0v) is 23.6. The van der Waals surface area contributed by atoms with Crippen molar-refractivity contribution in [2.75, 3.05) is 30.7 Å². The van der Waals surface area contributed by atoms with E-state index in [-0.39, 0.29) is 47.4 Å². The first-order valence-corrected chi connectivity index (χ1v) is 15.5. The lowest BCUT2D eigenvalue weighted by molar-refractivity contribution is -0.116. The summed E-state index contributed by atoms with van der Waals surface area (Å²) in [4.78, 5) is 17.1. The molecule has 1 saturated carbocycles. The summed E-state index contributed by atoms with van der Waals surface area (Å²) in [6.45, 7) is 1.31. The fourth-order valence-electron chi connectivity index (χ4n) is 5.45. The number of pyridine rings is 1. The highest BCUT2D eigenvalue weighted by Crippen LogP contribution is 2.33. The van der Waals surface area contributed by atoms with Crippen molar-refractivity contribution in [3.63, 3.8) is 0 Å². The summed E-state index contributed by atoms with van der Waals surface area (Å²) in [5.74, 6) is -3.86. The van der Waals surface area contributed by atoms with Gasteiger partial charge in [0.05, 0.1) is 23.8 Å². The van der Waals surface area contributed by atoms with Crippen LogP contribution in [0.4, 0.5) is 23.2 Å². The van der Waals surface area contributed by atoms with Gasteiger partial charge in [0.2, 0.25) is 15.9 Å². The number of halogens is 4. The number of carbonyl (C=O) groups is 1. The lowest BCUT2D eigenvalue weighted by Crippen LogP contribution is -2.54. The molecule has 2 unspecified atom stereocenters. The summed E-state index contributed by atoms with van der Waals surface area (Å²) in [5.41, 5.74) is 0.952. The number of hydrogen-bond donors (Lipinski definition) is 2. The number of piperazine rings is 1. The number of sulfonamides is 1. The molecule has 2 heterocycles. The molecule has 0 bridgehead atoms. The second-order valence-corrected chi connectivity index (χ2v) is 12.9. The van der Waals surface area contributed by atoms with E-state index in [2.05, 4.69) is 15.6 Å². The van der Waals surface area contributed by atoms with E-state index in [0.29, 0.717) is 31.6 Å². The first kappa shape index (κ1) is 30.1. The van der Waals surface area contributed by atoms with Crippen molar-refractivity contribution in [1.29, 1.82) is 0 Å². The van der Waals surface area contributed by atoms with Crippen LogP contribution < -0.4 is 10.6 Å². The molecule has 1 amide bonds. The first-order valence-electron chi connectivity index (χ1n) is 13.9. The summed E-state index contributed by atoms with van der Waals surface area (Å²) in [6.07, 6.45) is 4.36. The molecule has 1 aliphatic heterocycles. The van der Waals surface area contributed by atoms with Crippen molar-refractivity contribution in [1.82, 2.24) is 14.6 Å². The molecule has 2 atom stereocenters. The van der Waals surface area contributed by atoms with E-state index in [1.165, 1.54) is 34.8 Å². The molecule has 1 saturated heterocycles. The molecule has 0 radical (unpaired) electrons. The first-order chi connectivity index (χ1) is 20.1. The number of anilines is 1. The number of benzene rings is 2. The SMILES string of the molecule is O=C(CC(c1ccc(F)cc1)c1cc(F)cc(F)c1)Nc1cncc(F)c1CCC1CNCCN1S(=O)(=O)CC1CC1. The molecule has 1 aromatic heterocycles. The summed E-state index contributed by atoms with van der Waals surface area (Å²) in [5, 5.41) is 5.88. The minimum Gasteiger partial charge on any atom is -0.324 e. The van der Waals surface area contributed by atoms with Crippen molar-refractivity contribution < 1.29 is 30.8 Å². The molecule has 2 aromatic carbocycles. The Kier molecular flexibility index (Phi) is 9.24. The van der Waals surface area contributed by atoms with Crippen LogP contribution in [0.15, 0.2) is 54.9 Å². The predicted octanol–water partition coefficient (Wildman–Crippen LogP) is 4.74. The third kappa shape index (κ3) is 7.53. The molecule has 1 aliphatic carbocycles. The second kappa shape index (κ2) is 12.9. The van der Waals surface area contributed by atoms with Crippen LogP contribution in [-0.4, -0.2) is 55.0 Å². The topological polar surface area (TPSA) is 91.4 Å². The standard InChI is InChI=1S/C30H32F4N4O3S/c31-22-5-3-20(4-6-22)27(21-11-23(32)13-24(33)12-21)14-30(39)37-29-17-36-16-28(34)26(29)8-7-25-15-35-9-10-38(25)42(40,41)18-19-1-2-19/h3-6,11-13,16-17,19,25,27,35H,1-2,7-10,14-15,18H2,(H,37,39). The highest BCUT2D eigenvalue weighted by molar-refractivity contribution is 7.89. The van der Waals surface area contributed by atoms with E-state index in [4.69, 9.17) is 0 Å². The number of amides is 1. The molecule has 2 fully saturated rings. The molecule has 2 aliphatic rings. The minimum atomic E-state index is -3.45. The van der Waals surface area contributed by atoms with E-state index < -0.39 is 45.1 Å². The Hall–Kier alpha value is -3.35. The quantitative estimate of drug-likeness (QED) is 0.309. The minimum absolute atomic E-state index is 0.124. The monoisotopic (exact) mass is 604 g/mol. The number of nitrogens with zero attached hydrogens (tertiary/aromatic N) is 2. The lowest BCUT2D eigenvalue weighted by Gasteiger charge is -2.35. The Labute approximate surface area is 242 Å². The second-order valence-electron chi connectivity index (χ2n) is 10.9. The maximum atomic E-state index is 15.0. The smallest absolute Gasteiger partial charge is 0.225 e. The van der Waals surface area contributed by atoms with E-state index in [1.54, 1.807) is 0 Å². The number of rotatable bonds is 11. The summed E-state index contributed by atoms with van der Waals surface area (Å²) in [7, 11) is -3.45. The predicted molar refractivity (Wildman–Crippen MR) is 150 cm³/mol. The summed E-state index contributed by atoms with van der Waals surface area (Å²) in [6, 6.07) is 7.83. The Morgan fingerprint density at radius 1 is 1.00 bits per heavy atom. The molecule has 224 valence electrons. The zero-order valence-electron chi connectivity index (χ0n) is 22.8. The molecular weight excluding hydrogens is 572 g/mol. The third-order valence-electron chi connectivity index (χ3n) is 7.75. The van der Waals surface area contributed by atoms with Crippen molar-refractivity contribution in [3.8, 4) is 0 Å². The number of aromatic nitrogens is 1. The van der Waals surface area contributed by atoms with Crippen LogP contribution in [0.3, 0.4) is 0 Å². The Balaban J connectivity index is 1.33. The van der Waals surface area contributed by atoms with Crippen molar-refractivity contribution >= 4 is 21.6 Å². The van der Waals surface area contributed by atoms with Gasteiger partial charge < -0.3 is 10.6 Å². The molecule has 2 N–H and O–H groups in total. The average Bonchev–Trinajstić information content (AvgIpc) is 3.75. The molecule has 5 rings (SSSR count). The summed E-state index contributed by atoms with van der Waals surface area (Å²) < 4.78 is 84.3. The number of hydrogen-bond acceptors (Lipinski definition) is 5. The maximum Gasteiger partial charge on any atom is 0.225 e. The Bertz CT molecular complexity index is 1510. The van der Waals surface area contributed by atoms with Gasteiger partial charge in [-0.3, -0.25) is 9.78 Å². The van der Waals surface area contributed by atoms with Crippen LogP contribution in [0, 0.1) is 29.2 Å². The van der Waals surface area contributed by atoms with Crippen LogP contribution in [-0.2, 0) is 21.2 Å². The highest BCUT2D eigenvalue weighted by atomic mass is 32.2. The third-order valence-corrected chi connectivity index (χ3v) is 9.84. The van der Waals surface area contributed by atoms with Gasteiger partial charge in [-0.15, -0.1) is 0 Å². The Morgan fingerprint density at radius 3 is 2.40 bits per heavy atom. The van der Waals surface area contributed by atoms with Gasteiger partial charge in [-0.25, -0.2) is 26.0 Å². The van der Waals surface area contributed by atoms with Gasteiger partial charge in [0, 0.05) is 49.6 Å². The van der Waals surface area contributed by atoms with E-state index in [0.717, 1.165) is 37.2 Å². The molecule has 7 nitrogen and oxygen atoms in total. The van der Waals surface area contributed by atoms with Gasteiger partial charge in [-0.1, -0.05) is 12.1 Å². The van der Waals surface area contributed by atoms with Crippen LogP contribution >= 0.6 is 0 Å². The molecule has 0 spiro atoms. The Morgan fingerprint density at radius 2 is 1.71 bits per heavy atom. The highest BCUT2D eigenvalue weighted by Gasteiger charge is 2.36. The van der Waals surface area contributed by atoms with Crippen LogP contribution in [0.2, 0.25) is 0 Å². The van der Waals surface area contributed by atoms with Gasteiger partial charge in [0.15, 0.2) is 0 Å². The van der Waals surface area contributed by atoms with E-state index in [9.17, 15) is 26.4 Å². The maximum absolute atomic E-state index is 15.0. The van der Waals surface area contributed by atoms with Crippen molar-refractivity contribution in [2.45, 2.75) is 44.1 Å². The van der Waals surface area contributed by atoms with Crippen molar-refractivity contribution in [2.24, 2.45) is 5.92 Å². The fraction of sp³-hybridized carbons (Fsp3) is 0.400. The van der Waals surface area contributed by atoms with Gasteiger partial charge in [-0.05, 0) is 67.0 Å². The van der Waals surface area contributed by atoms with Gasteiger partial charge in [-0.2, -0.15) is 4.31 Å². The number of carbonyl (C=O) groups excluding carboxylic acids is 1. The lowest BCUT2D eigenvalue weighted by atomic mass is 9.88. The van der Waals surface area contributed by atoms with Gasteiger partial charge in [0.1, 0.15) is 23.3 Å². The number of nitrogens with one attached hydrogen (secondary N) is 2. The van der Waals surface area contributed by atoms with Crippen molar-refractivity contribution in [3.05, 3.63) is 94.8 Å². The van der Waals surface area contributed by atoms with Crippen LogP contribution in [0.1, 0.15) is 48.3 Å². The van der Waals surface area contributed by atoms with Crippen LogP contribution in [0.5, 0.6) is 0 Å². The van der Waals surface area contributed by atoms with Crippen LogP contribution in [0.25, 0.3) is 0 Å². The largest absolute Gasteiger partial charge is 0.324 e. The zero-order chi connectivity index (χ0) is 29.9. The molecule has 12 heteroatoms. The van der Waals surface area contributed by atoms with Gasteiger partial charge >= 0.3 is 0 Å². The van der Waals surface area contributed by atoms with E-state index in [1.807, 2.05) is 0 Å². The molecular formula is C30H32F4N4O3S.